The first-order valence-corrected chi connectivity index (χ1v) is 5.76. The lowest BCUT2D eigenvalue weighted by Crippen LogP contribution is -2.35. The van der Waals surface area contributed by atoms with E-state index in [1.165, 1.54) is 0 Å². The number of amides is 1. The molecule has 0 bridgehead atoms. The lowest BCUT2D eigenvalue weighted by Gasteiger charge is -2.23. The first-order valence-electron chi connectivity index (χ1n) is 4.96. The lowest BCUT2D eigenvalue weighted by atomic mass is 10.1. The van der Waals surface area contributed by atoms with E-state index in [9.17, 15) is 4.79 Å². The summed E-state index contributed by atoms with van der Waals surface area (Å²) in [4.78, 5) is 13.7. The summed E-state index contributed by atoms with van der Waals surface area (Å²) in [6.45, 7) is 1.86. The standard InChI is InChI=1S/C12H13BrN2O/c1-9(7-8-14)15(2)12(16)10-5-3-4-6-11(10)13/h3-6,9H,7H2,1-2H3. The fraction of sp³-hybridized carbons (Fsp3) is 0.333. The van der Waals surface area contributed by atoms with Crippen LogP contribution in [0.5, 0.6) is 0 Å². The van der Waals surface area contributed by atoms with E-state index in [2.05, 4.69) is 22.0 Å². The molecule has 1 aromatic rings. The molecule has 0 aliphatic carbocycles. The number of rotatable bonds is 3. The van der Waals surface area contributed by atoms with E-state index >= 15 is 0 Å². The number of carbonyl (C=O) groups is 1. The van der Waals surface area contributed by atoms with E-state index in [4.69, 9.17) is 5.26 Å². The molecule has 1 unspecified atom stereocenters. The normalized spacial score (nSPS) is 11.6. The number of halogens is 1. The van der Waals surface area contributed by atoms with E-state index in [1.807, 2.05) is 25.1 Å². The fourth-order valence-electron chi connectivity index (χ4n) is 1.29. The zero-order chi connectivity index (χ0) is 12.1. The molecule has 0 aromatic heterocycles. The predicted molar refractivity (Wildman–Crippen MR) is 65.9 cm³/mol. The van der Waals surface area contributed by atoms with Crippen molar-refractivity contribution in [1.29, 1.82) is 5.26 Å². The molecule has 1 amide bonds. The van der Waals surface area contributed by atoms with Gasteiger partial charge in [0.25, 0.3) is 5.91 Å². The van der Waals surface area contributed by atoms with Crippen LogP contribution in [-0.2, 0) is 0 Å². The molecule has 0 fully saturated rings. The summed E-state index contributed by atoms with van der Waals surface area (Å²) in [6, 6.07) is 9.26. The third-order valence-electron chi connectivity index (χ3n) is 2.47. The number of carbonyl (C=O) groups excluding carboxylic acids is 1. The van der Waals surface area contributed by atoms with Gasteiger partial charge in [0.2, 0.25) is 0 Å². The average Bonchev–Trinajstić information content (AvgIpc) is 2.28. The predicted octanol–water partition coefficient (Wildman–Crippen LogP) is 2.82. The second-order valence-corrected chi connectivity index (χ2v) is 4.46. The van der Waals surface area contributed by atoms with Crippen molar-refractivity contribution in [3.63, 3.8) is 0 Å². The molecule has 4 heteroatoms. The Bertz CT molecular complexity index is 425. The van der Waals surface area contributed by atoms with Crippen LogP contribution in [0.25, 0.3) is 0 Å². The molecule has 0 spiro atoms. The SMILES string of the molecule is CC(CC#N)N(C)C(=O)c1ccccc1Br. The highest BCUT2D eigenvalue weighted by molar-refractivity contribution is 9.10. The van der Waals surface area contributed by atoms with Crippen LogP contribution >= 0.6 is 15.9 Å². The third-order valence-corrected chi connectivity index (χ3v) is 3.16. The number of nitriles is 1. The Kier molecular flexibility index (Phi) is 4.51. The van der Waals surface area contributed by atoms with Crippen molar-refractivity contribution >= 4 is 21.8 Å². The van der Waals surface area contributed by atoms with Crippen LogP contribution in [0.3, 0.4) is 0 Å². The molecule has 0 heterocycles. The minimum absolute atomic E-state index is 0.0739. The topological polar surface area (TPSA) is 44.1 Å². The highest BCUT2D eigenvalue weighted by Crippen LogP contribution is 2.18. The molecule has 0 N–H and O–H groups in total. The maximum Gasteiger partial charge on any atom is 0.255 e. The van der Waals surface area contributed by atoms with Crippen molar-refractivity contribution in [1.82, 2.24) is 4.90 Å². The van der Waals surface area contributed by atoms with Crippen molar-refractivity contribution in [3.8, 4) is 6.07 Å². The summed E-state index contributed by atoms with van der Waals surface area (Å²) < 4.78 is 0.774. The molecule has 0 radical (unpaired) electrons. The molecule has 84 valence electrons. The Balaban J connectivity index is 2.87. The van der Waals surface area contributed by atoms with Gasteiger partial charge in [-0.2, -0.15) is 5.26 Å². The Morgan fingerprint density at radius 2 is 2.19 bits per heavy atom. The molecule has 16 heavy (non-hydrogen) atoms. The first-order chi connectivity index (χ1) is 7.57. The summed E-state index contributed by atoms with van der Waals surface area (Å²) in [6.07, 6.45) is 0.340. The van der Waals surface area contributed by atoms with Gasteiger partial charge in [-0.15, -0.1) is 0 Å². The maximum atomic E-state index is 12.1. The molecule has 3 nitrogen and oxygen atoms in total. The monoisotopic (exact) mass is 280 g/mol. The second-order valence-electron chi connectivity index (χ2n) is 3.61. The Morgan fingerprint density at radius 1 is 1.56 bits per heavy atom. The van der Waals surface area contributed by atoms with E-state index in [-0.39, 0.29) is 11.9 Å². The zero-order valence-electron chi connectivity index (χ0n) is 9.27. The number of hydrogen-bond donors (Lipinski definition) is 0. The van der Waals surface area contributed by atoms with Crippen molar-refractivity contribution in [3.05, 3.63) is 34.3 Å². The molecule has 0 aliphatic heterocycles. The van der Waals surface area contributed by atoms with Crippen molar-refractivity contribution in [2.45, 2.75) is 19.4 Å². The van der Waals surface area contributed by atoms with Gasteiger partial charge in [0, 0.05) is 17.6 Å². The van der Waals surface area contributed by atoms with Gasteiger partial charge >= 0.3 is 0 Å². The minimum atomic E-state index is -0.0791. The van der Waals surface area contributed by atoms with E-state index in [0.29, 0.717) is 12.0 Å². The summed E-state index contributed by atoms with van der Waals surface area (Å²) in [5.74, 6) is -0.0739. The van der Waals surface area contributed by atoms with Gasteiger partial charge < -0.3 is 4.90 Å². The molecular weight excluding hydrogens is 268 g/mol. The number of hydrogen-bond acceptors (Lipinski definition) is 2. The number of benzene rings is 1. The first kappa shape index (κ1) is 12.7. The summed E-state index contributed by atoms with van der Waals surface area (Å²) in [7, 11) is 1.71. The van der Waals surface area contributed by atoms with Gasteiger partial charge in [-0.1, -0.05) is 12.1 Å². The van der Waals surface area contributed by atoms with Crippen LogP contribution in [0.2, 0.25) is 0 Å². The molecule has 0 saturated carbocycles. The van der Waals surface area contributed by atoms with Crippen molar-refractivity contribution in [2.75, 3.05) is 7.05 Å². The highest BCUT2D eigenvalue weighted by atomic mass is 79.9. The van der Waals surface area contributed by atoms with Gasteiger partial charge in [-0.05, 0) is 35.0 Å². The van der Waals surface area contributed by atoms with Gasteiger partial charge in [-0.25, -0.2) is 0 Å². The summed E-state index contributed by atoms with van der Waals surface area (Å²) >= 11 is 3.34. The van der Waals surface area contributed by atoms with Gasteiger partial charge in [0.15, 0.2) is 0 Å². The summed E-state index contributed by atoms with van der Waals surface area (Å²) in [5, 5.41) is 8.60. The minimum Gasteiger partial charge on any atom is -0.338 e. The summed E-state index contributed by atoms with van der Waals surface area (Å²) in [5.41, 5.74) is 0.620. The smallest absolute Gasteiger partial charge is 0.255 e. The van der Waals surface area contributed by atoms with Crippen LogP contribution in [0, 0.1) is 11.3 Å². The fourth-order valence-corrected chi connectivity index (χ4v) is 1.75. The van der Waals surface area contributed by atoms with Gasteiger partial charge in [0.05, 0.1) is 18.1 Å². The van der Waals surface area contributed by atoms with Crippen LogP contribution < -0.4 is 0 Å². The van der Waals surface area contributed by atoms with E-state index in [1.54, 1.807) is 18.0 Å². The molecule has 1 rings (SSSR count). The molecule has 1 aromatic carbocycles. The maximum absolute atomic E-state index is 12.1. The Morgan fingerprint density at radius 3 is 2.75 bits per heavy atom. The van der Waals surface area contributed by atoms with Crippen LogP contribution in [-0.4, -0.2) is 23.9 Å². The molecule has 0 saturated heterocycles. The average molecular weight is 281 g/mol. The van der Waals surface area contributed by atoms with Gasteiger partial charge in [0.1, 0.15) is 0 Å². The number of nitrogens with zero attached hydrogens (tertiary/aromatic N) is 2. The van der Waals surface area contributed by atoms with Crippen molar-refractivity contribution < 1.29 is 4.79 Å². The lowest BCUT2D eigenvalue weighted by molar-refractivity contribution is 0.0745. The molecular formula is C12H13BrN2O. The Hall–Kier alpha value is -1.34. The second kappa shape index (κ2) is 5.66. The van der Waals surface area contributed by atoms with Crippen LogP contribution in [0.1, 0.15) is 23.7 Å². The van der Waals surface area contributed by atoms with Crippen LogP contribution in [0.4, 0.5) is 0 Å². The van der Waals surface area contributed by atoms with E-state index < -0.39 is 0 Å². The largest absolute Gasteiger partial charge is 0.338 e. The van der Waals surface area contributed by atoms with Crippen molar-refractivity contribution in [2.24, 2.45) is 0 Å². The van der Waals surface area contributed by atoms with Crippen LogP contribution in [0.15, 0.2) is 28.7 Å². The zero-order valence-corrected chi connectivity index (χ0v) is 10.9. The quantitative estimate of drug-likeness (QED) is 0.855. The Labute approximate surface area is 104 Å². The third kappa shape index (κ3) is 2.83. The van der Waals surface area contributed by atoms with Gasteiger partial charge in [-0.3, -0.25) is 4.79 Å². The molecule has 0 aliphatic rings. The van der Waals surface area contributed by atoms with E-state index in [0.717, 1.165) is 4.47 Å². The highest BCUT2D eigenvalue weighted by Gasteiger charge is 2.18. The molecule has 1 atom stereocenters.